The van der Waals surface area contributed by atoms with Crippen LogP contribution in [-0.4, -0.2) is 81.6 Å². The summed E-state index contributed by atoms with van der Waals surface area (Å²) in [6.07, 6.45) is 8.53. The van der Waals surface area contributed by atoms with Crippen LogP contribution in [0.15, 0.2) is 146 Å². The van der Waals surface area contributed by atoms with Gasteiger partial charge in [-0.2, -0.15) is 0 Å². The number of hydrogen-bond acceptors (Lipinski definition) is 11. The molecule has 0 amide bonds. The van der Waals surface area contributed by atoms with Crippen LogP contribution in [0.25, 0.3) is 0 Å². The van der Waals surface area contributed by atoms with Crippen LogP contribution in [0.3, 0.4) is 0 Å². The van der Waals surface area contributed by atoms with E-state index in [2.05, 4.69) is 36.3 Å². The molecule has 376 valence electrons. The van der Waals surface area contributed by atoms with Crippen LogP contribution < -0.4 is 39.1 Å². The molecular formula is C60H73N3O8. The van der Waals surface area contributed by atoms with Crippen molar-refractivity contribution in [2.24, 2.45) is 0 Å². The van der Waals surface area contributed by atoms with Gasteiger partial charge in [-0.1, -0.05) is 53.1 Å². The van der Waals surface area contributed by atoms with Crippen molar-refractivity contribution in [2.75, 3.05) is 52.6 Å². The highest BCUT2D eigenvalue weighted by atomic mass is 16.5. The quantitative estimate of drug-likeness (QED) is 0.0714. The number of ether oxygens (including phenoxy) is 7. The fraction of sp³-hybridized carbons (Fsp3) is 0.383. The van der Waals surface area contributed by atoms with Crippen molar-refractivity contribution >= 4 is 5.97 Å². The average Bonchev–Trinajstić information content (AvgIpc) is 4.21. The van der Waals surface area contributed by atoms with Gasteiger partial charge in [0.1, 0.15) is 71.6 Å². The number of carbonyl (C=O) groups is 1. The molecule has 0 unspecified atom stereocenters. The lowest BCUT2D eigenvalue weighted by atomic mass is 10.2. The van der Waals surface area contributed by atoms with E-state index in [1.165, 1.54) is 48.8 Å². The molecule has 3 aliphatic heterocycles. The Hall–Kier alpha value is -6.53. The van der Waals surface area contributed by atoms with Crippen LogP contribution >= 0.6 is 0 Å². The lowest BCUT2D eigenvalue weighted by Crippen LogP contribution is -2.35. The minimum Gasteiger partial charge on any atom is -0.492 e. The van der Waals surface area contributed by atoms with Crippen LogP contribution in [0.2, 0.25) is 0 Å². The zero-order chi connectivity index (χ0) is 49.5. The topological polar surface area (TPSA) is 109 Å². The van der Waals surface area contributed by atoms with E-state index in [0.717, 1.165) is 104 Å². The van der Waals surface area contributed by atoms with Crippen LogP contribution in [-0.2, 0) is 9.53 Å². The van der Waals surface area contributed by atoms with E-state index in [-0.39, 0.29) is 5.97 Å². The summed E-state index contributed by atoms with van der Waals surface area (Å²) < 4.78 is 40.1. The Morgan fingerprint density at radius 3 is 1.18 bits per heavy atom. The Morgan fingerprint density at radius 2 is 0.831 bits per heavy atom. The van der Waals surface area contributed by atoms with Gasteiger partial charge in [0.2, 0.25) is 0 Å². The second-order valence-corrected chi connectivity index (χ2v) is 18.4. The molecule has 6 aromatic carbocycles. The van der Waals surface area contributed by atoms with Crippen molar-refractivity contribution in [3.63, 3.8) is 0 Å². The maximum Gasteiger partial charge on any atom is 0.305 e. The summed E-state index contributed by atoms with van der Waals surface area (Å²) in [6.45, 7) is 14.8. The standard InChI is InChI=1S/C24H31NO4.2C18H21NO2/c1-3-27-24(26)7-5-17-25-16-4-6-20(25)18-28-21-12-14-23(15-13-21)29-22-10-8-19(2)9-11-22;2*1-14-4-6-17(7-5-14)21-18-10-8-16(9-11-18)20-13-15-3-2-12-19-15/h8-15,20H,3-7,16-18H2,1-2H3;2*4-11,15,19H,2-3,12-13H2,1H3/t20-;2*15-/m000/s1. The van der Waals surface area contributed by atoms with E-state index in [4.69, 9.17) is 33.2 Å². The third kappa shape index (κ3) is 18.6. The molecular weight excluding hydrogens is 891 g/mol. The molecule has 6 aromatic rings. The van der Waals surface area contributed by atoms with E-state index in [1.807, 2.05) is 153 Å². The van der Waals surface area contributed by atoms with Gasteiger partial charge in [-0.25, -0.2) is 0 Å². The Morgan fingerprint density at radius 1 is 0.479 bits per heavy atom. The fourth-order valence-corrected chi connectivity index (χ4v) is 8.46. The lowest BCUT2D eigenvalue weighted by Gasteiger charge is -2.24. The van der Waals surface area contributed by atoms with Crippen molar-refractivity contribution < 1.29 is 38.0 Å². The van der Waals surface area contributed by atoms with Gasteiger partial charge in [0.25, 0.3) is 0 Å². The van der Waals surface area contributed by atoms with Crippen molar-refractivity contribution in [3.8, 4) is 51.7 Å². The monoisotopic (exact) mass is 964 g/mol. The number of benzene rings is 6. The first-order chi connectivity index (χ1) is 34.7. The highest BCUT2D eigenvalue weighted by molar-refractivity contribution is 5.69. The second-order valence-electron chi connectivity index (χ2n) is 18.4. The van der Waals surface area contributed by atoms with Crippen LogP contribution in [0, 0.1) is 20.8 Å². The van der Waals surface area contributed by atoms with Crippen LogP contribution in [0.4, 0.5) is 0 Å². The minimum atomic E-state index is -0.104. The molecule has 0 aromatic heterocycles. The molecule has 0 spiro atoms. The van der Waals surface area contributed by atoms with Gasteiger partial charge in [-0.05, 0) is 208 Å². The summed E-state index contributed by atoms with van der Waals surface area (Å²) in [5.41, 5.74) is 3.67. The summed E-state index contributed by atoms with van der Waals surface area (Å²) in [5.74, 6) is 7.49. The molecule has 3 heterocycles. The number of hydrogen-bond donors (Lipinski definition) is 2. The predicted octanol–water partition coefficient (Wildman–Crippen LogP) is 12.8. The number of nitrogens with zero attached hydrogens (tertiary/aromatic N) is 1. The molecule has 3 aliphatic rings. The van der Waals surface area contributed by atoms with Crippen molar-refractivity contribution in [1.29, 1.82) is 0 Å². The van der Waals surface area contributed by atoms with Crippen molar-refractivity contribution in [3.05, 3.63) is 162 Å². The molecule has 3 fully saturated rings. The Bertz CT molecular complexity index is 2310. The number of esters is 1. The van der Waals surface area contributed by atoms with E-state index in [1.54, 1.807) is 0 Å². The summed E-state index contributed by atoms with van der Waals surface area (Å²) in [7, 11) is 0. The van der Waals surface area contributed by atoms with Crippen LogP contribution in [0.1, 0.15) is 75.0 Å². The number of rotatable bonds is 20. The molecule has 9 rings (SSSR count). The molecule has 3 saturated heterocycles. The van der Waals surface area contributed by atoms with E-state index in [9.17, 15) is 4.79 Å². The highest BCUT2D eigenvalue weighted by Crippen LogP contribution is 2.28. The maximum atomic E-state index is 11.5. The third-order valence-corrected chi connectivity index (χ3v) is 12.5. The summed E-state index contributed by atoms with van der Waals surface area (Å²) in [5, 5.41) is 6.85. The van der Waals surface area contributed by atoms with E-state index in [0.29, 0.717) is 37.8 Å². The first-order valence-corrected chi connectivity index (χ1v) is 25.5. The number of aryl methyl sites for hydroxylation is 3. The first kappa shape index (κ1) is 52.3. The Balaban J connectivity index is 0.000000160. The largest absolute Gasteiger partial charge is 0.492 e. The predicted molar refractivity (Wildman–Crippen MR) is 282 cm³/mol. The molecule has 11 nitrogen and oxygen atoms in total. The zero-order valence-corrected chi connectivity index (χ0v) is 42.1. The molecule has 71 heavy (non-hydrogen) atoms. The van der Waals surface area contributed by atoms with Gasteiger partial charge in [0, 0.05) is 24.5 Å². The van der Waals surface area contributed by atoms with Crippen molar-refractivity contribution in [1.82, 2.24) is 15.5 Å². The second kappa shape index (κ2) is 28.4. The normalized spacial score (nSPS) is 17.2. The summed E-state index contributed by atoms with van der Waals surface area (Å²) in [4.78, 5) is 13.9. The molecule has 0 radical (unpaired) electrons. The SMILES string of the molecule is CCOC(=O)CCCN1CCC[C@H]1COc1ccc(Oc2ccc(C)cc2)cc1.Cc1ccc(Oc2ccc(OC[C@@H]3CCCN3)cc2)cc1.Cc1ccc(Oc2ccc(OC[C@@H]3CCCN3)cc2)cc1. The maximum absolute atomic E-state index is 11.5. The summed E-state index contributed by atoms with van der Waals surface area (Å²) in [6, 6.07) is 48.8. The Kier molecular flexibility index (Phi) is 20.9. The molecule has 0 aliphatic carbocycles. The minimum absolute atomic E-state index is 0.104. The number of likely N-dealkylation sites (tertiary alicyclic amines) is 1. The Labute approximate surface area is 421 Å². The molecule has 2 N–H and O–H groups in total. The zero-order valence-electron chi connectivity index (χ0n) is 42.1. The van der Waals surface area contributed by atoms with Crippen LogP contribution in [0.5, 0.6) is 51.7 Å². The molecule has 0 saturated carbocycles. The van der Waals surface area contributed by atoms with Gasteiger partial charge in [0.15, 0.2) is 0 Å². The highest BCUT2D eigenvalue weighted by Gasteiger charge is 2.25. The smallest absolute Gasteiger partial charge is 0.305 e. The van der Waals surface area contributed by atoms with Gasteiger partial charge in [-0.15, -0.1) is 0 Å². The molecule has 0 bridgehead atoms. The first-order valence-electron chi connectivity index (χ1n) is 25.5. The summed E-state index contributed by atoms with van der Waals surface area (Å²) >= 11 is 0. The number of nitrogens with one attached hydrogen (secondary N) is 2. The van der Waals surface area contributed by atoms with Gasteiger partial charge in [0.05, 0.1) is 6.61 Å². The lowest BCUT2D eigenvalue weighted by molar-refractivity contribution is -0.143. The van der Waals surface area contributed by atoms with Gasteiger partial charge in [-0.3, -0.25) is 9.69 Å². The average molecular weight is 964 g/mol. The van der Waals surface area contributed by atoms with E-state index < -0.39 is 0 Å². The molecule has 3 atom stereocenters. The van der Waals surface area contributed by atoms with Gasteiger partial charge < -0.3 is 43.8 Å². The fourth-order valence-electron chi connectivity index (χ4n) is 8.46. The third-order valence-electron chi connectivity index (χ3n) is 12.5. The van der Waals surface area contributed by atoms with E-state index >= 15 is 0 Å². The van der Waals surface area contributed by atoms with Crippen molar-refractivity contribution in [2.45, 2.75) is 97.2 Å². The van der Waals surface area contributed by atoms with Gasteiger partial charge >= 0.3 is 5.97 Å². The number of carbonyl (C=O) groups excluding carboxylic acids is 1. The molecule has 11 heteroatoms.